The topological polar surface area (TPSA) is 48.5 Å². The third-order valence-corrected chi connectivity index (χ3v) is 3.18. The molecule has 0 aliphatic carbocycles. The third-order valence-electron chi connectivity index (χ3n) is 3.18. The third kappa shape index (κ3) is 2.61. The van der Waals surface area contributed by atoms with Gasteiger partial charge in [0.2, 0.25) is 5.91 Å². The van der Waals surface area contributed by atoms with Gasteiger partial charge in [0.1, 0.15) is 6.04 Å². The molecule has 0 radical (unpaired) electrons. The fourth-order valence-electron chi connectivity index (χ4n) is 2.24. The molecule has 1 saturated heterocycles. The van der Waals surface area contributed by atoms with Crippen LogP contribution in [0.2, 0.25) is 0 Å². The van der Waals surface area contributed by atoms with Crippen molar-refractivity contribution in [1.29, 1.82) is 0 Å². The van der Waals surface area contributed by atoms with Crippen LogP contribution in [0.3, 0.4) is 0 Å². The number of amides is 1. The van der Waals surface area contributed by atoms with E-state index in [0.717, 1.165) is 24.5 Å². The van der Waals surface area contributed by atoms with E-state index in [4.69, 9.17) is 0 Å². The monoisotopic (exact) mass is 248 g/mol. The number of nitrogens with one attached hydrogen (secondary N) is 1. The number of aromatic nitrogens is 1. The lowest BCUT2D eigenvalue weighted by atomic mass is 10.1. The van der Waals surface area contributed by atoms with Crippen LogP contribution in [-0.2, 0) is 4.79 Å². The molecule has 2 heterocycles. The predicted octanol–water partition coefficient (Wildman–Crippen LogP) is 0.256. The van der Waals surface area contributed by atoms with Crippen LogP contribution in [0.25, 0.3) is 0 Å². The molecule has 1 fully saturated rings. The number of likely N-dealkylation sites (N-methyl/N-ethyl adjacent to an activating group) is 1. The number of hydrogen-bond donors (Lipinski definition) is 1. The molecule has 98 valence electrons. The summed E-state index contributed by atoms with van der Waals surface area (Å²) < 4.78 is 0. The second-order valence-electron chi connectivity index (χ2n) is 4.80. The lowest BCUT2D eigenvalue weighted by Gasteiger charge is -2.38. The number of pyridine rings is 1. The zero-order valence-corrected chi connectivity index (χ0v) is 11.2. The minimum atomic E-state index is -0.129. The molecule has 0 aromatic carbocycles. The van der Waals surface area contributed by atoms with E-state index < -0.39 is 0 Å². The maximum atomic E-state index is 12.2. The fraction of sp³-hybridized carbons (Fsp3) is 0.538. The molecule has 1 aromatic heterocycles. The van der Waals surface area contributed by atoms with Crippen LogP contribution in [0.4, 0.5) is 5.69 Å². The maximum absolute atomic E-state index is 12.2. The zero-order valence-electron chi connectivity index (χ0n) is 11.2. The minimum Gasteiger partial charge on any atom is -0.357 e. The number of nitrogens with zero attached hydrogens (tertiary/aromatic N) is 3. The highest BCUT2D eigenvalue weighted by Gasteiger charge is 2.29. The molecule has 1 atom stereocenters. The van der Waals surface area contributed by atoms with Crippen LogP contribution in [0.15, 0.2) is 18.3 Å². The van der Waals surface area contributed by atoms with E-state index in [2.05, 4.69) is 15.2 Å². The molecule has 1 aromatic rings. The summed E-state index contributed by atoms with van der Waals surface area (Å²) in [4.78, 5) is 20.2. The number of rotatable bonds is 2. The number of carbonyl (C=O) groups excluding carboxylic acids is 1. The van der Waals surface area contributed by atoms with Crippen molar-refractivity contribution < 1.29 is 4.79 Å². The van der Waals surface area contributed by atoms with E-state index in [1.165, 1.54) is 0 Å². The van der Waals surface area contributed by atoms with Gasteiger partial charge >= 0.3 is 0 Å². The minimum absolute atomic E-state index is 0.129. The van der Waals surface area contributed by atoms with Gasteiger partial charge in [0.15, 0.2) is 0 Å². The molecular weight excluding hydrogens is 228 g/mol. The molecule has 1 N–H and O–H groups in total. The second kappa shape index (κ2) is 5.35. The van der Waals surface area contributed by atoms with E-state index in [1.807, 2.05) is 19.1 Å². The van der Waals surface area contributed by atoms with Crippen LogP contribution in [0.1, 0.15) is 5.69 Å². The normalized spacial score (nSPS) is 19.7. The van der Waals surface area contributed by atoms with Gasteiger partial charge in [0.05, 0.1) is 0 Å². The molecule has 1 aliphatic rings. The summed E-state index contributed by atoms with van der Waals surface area (Å²) in [5, 5.41) is 3.28. The number of carbonyl (C=O) groups is 1. The van der Waals surface area contributed by atoms with Gasteiger partial charge in [0, 0.05) is 51.3 Å². The van der Waals surface area contributed by atoms with Crippen molar-refractivity contribution >= 4 is 11.6 Å². The average molecular weight is 248 g/mol. The van der Waals surface area contributed by atoms with Gasteiger partial charge in [-0.15, -0.1) is 0 Å². The van der Waals surface area contributed by atoms with Crippen molar-refractivity contribution in [3.8, 4) is 0 Å². The van der Waals surface area contributed by atoms with Gasteiger partial charge in [-0.3, -0.25) is 9.78 Å². The lowest BCUT2D eigenvalue weighted by Crippen LogP contribution is -2.57. The Hall–Kier alpha value is -1.62. The highest BCUT2D eigenvalue weighted by molar-refractivity contribution is 5.85. The lowest BCUT2D eigenvalue weighted by molar-refractivity contribution is -0.130. The molecule has 18 heavy (non-hydrogen) atoms. The first-order valence-electron chi connectivity index (χ1n) is 6.21. The summed E-state index contributed by atoms with van der Waals surface area (Å²) in [6, 6.07) is 3.87. The van der Waals surface area contributed by atoms with Crippen molar-refractivity contribution in [1.82, 2.24) is 15.2 Å². The van der Waals surface area contributed by atoms with Gasteiger partial charge in [-0.25, -0.2) is 0 Å². The van der Waals surface area contributed by atoms with Crippen LogP contribution in [0, 0.1) is 6.92 Å². The molecule has 0 spiro atoms. The van der Waals surface area contributed by atoms with Gasteiger partial charge in [-0.1, -0.05) is 0 Å². The largest absolute Gasteiger partial charge is 0.357 e. The number of aryl methyl sites for hydroxylation is 1. The Balaban J connectivity index is 2.25. The van der Waals surface area contributed by atoms with Crippen LogP contribution in [-0.4, -0.2) is 55.6 Å². The van der Waals surface area contributed by atoms with E-state index in [-0.39, 0.29) is 11.9 Å². The smallest absolute Gasteiger partial charge is 0.246 e. The summed E-state index contributed by atoms with van der Waals surface area (Å²) in [6.45, 7) is 4.40. The maximum Gasteiger partial charge on any atom is 0.246 e. The Morgan fingerprint density at radius 1 is 1.56 bits per heavy atom. The zero-order chi connectivity index (χ0) is 13.1. The highest BCUT2D eigenvalue weighted by Crippen LogP contribution is 2.19. The Morgan fingerprint density at radius 2 is 2.33 bits per heavy atom. The number of piperazine rings is 1. The Labute approximate surface area is 108 Å². The van der Waals surface area contributed by atoms with Crippen molar-refractivity contribution in [2.45, 2.75) is 13.0 Å². The second-order valence-corrected chi connectivity index (χ2v) is 4.80. The summed E-state index contributed by atoms with van der Waals surface area (Å²) in [5.41, 5.74) is 2.05. The van der Waals surface area contributed by atoms with Gasteiger partial charge < -0.3 is 15.1 Å². The summed E-state index contributed by atoms with van der Waals surface area (Å²) in [5.74, 6) is 0.136. The van der Waals surface area contributed by atoms with Crippen molar-refractivity contribution in [3.63, 3.8) is 0 Å². The number of hydrogen-bond acceptors (Lipinski definition) is 4. The summed E-state index contributed by atoms with van der Waals surface area (Å²) in [6.07, 6.45) is 1.80. The van der Waals surface area contributed by atoms with E-state index in [9.17, 15) is 4.79 Å². The molecule has 5 nitrogen and oxygen atoms in total. The van der Waals surface area contributed by atoms with Crippen molar-refractivity contribution in [2.24, 2.45) is 0 Å². The van der Waals surface area contributed by atoms with Gasteiger partial charge in [-0.05, 0) is 19.1 Å². The summed E-state index contributed by atoms with van der Waals surface area (Å²) in [7, 11) is 3.60. The van der Waals surface area contributed by atoms with Crippen molar-refractivity contribution in [2.75, 3.05) is 38.6 Å². The summed E-state index contributed by atoms with van der Waals surface area (Å²) >= 11 is 0. The molecule has 1 unspecified atom stereocenters. The van der Waals surface area contributed by atoms with E-state index >= 15 is 0 Å². The van der Waals surface area contributed by atoms with Crippen LogP contribution in [0.5, 0.6) is 0 Å². The quantitative estimate of drug-likeness (QED) is 0.815. The van der Waals surface area contributed by atoms with E-state index in [1.54, 1.807) is 25.2 Å². The van der Waals surface area contributed by atoms with E-state index in [0.29, 0.717) is 6.54 Å². The van der Waals surface area contributed by atoms with Gasteiger partial charge in [0.25, 0.3) is 0 Å². The molecule has 5 heteroatoms. The SMILES string of the molecule is Cc1cc(N2CCNCC2C(=O)N(C)C)ccn1. The van der Waals surface area contributed by atoms with Crippen molar-refractivity contribution in [3.05, 3.63) is 24.0 Å². The predicted molar refractivity (Wildman–Crippen MR) is 71.7 cm³/mol. The van der Waals surface area contributed by atoms with Gasteiger partial charge in [-0.2, -0.15) is 0 Å². The molecule has 0 bridgehead atoms. The molecular formula is C13H20N4O. The molecule has 2 rings (SSSR count). The molecule has 1 amide bonds. The first-order valence-corrected chi connectivity index (χ1v) is 6.21. The first kappa shape index (κ1) is 12.8. The Morgan fingerprint density at radius 3 is 3.00 bits per heavy atom. The standard InChI is InChI=1S/C13H20N4O/c1-10-8-11(4-5-15-10)17-7-6-14-9-12(17)13(18)16(2)3/h4-5,8,12,14H,6-7,9H2,1-3H3. The molecule has 0 saturated carbocycles. The first-order chi connectivity index (χ1) is 8.59. The van der Waals surface area contributed by atoms with Crippen LogP contribution < -0.4 is 10.2 Å². The Bertz CT molecular complexity index is 433. The van der Waals surface area contributed by atoms with Crippen LogP contribution >= 0.6 is 0 Å². The fourth-order valence-corrected chi connectivity index (χ4v) is 2.24. The molecule has 1 aliphatic heterocycles. The Kier molecular flexibility index (Phi) is 3.81. The number of anilines is 1. The average Bonchev–Trinajstić information content (AvgIpc) is 2.38. The highest BCUT2D eigenvalue weighted by atomic mass is 16.2.